The summed E-state index contributed by atoms with van der Waals surface area (Å²) in [6.07, 6.45) is -1.98. The van der Waals surface area contributed by atoms with Crippen molar-refractivity contribution in [2.24, 2.45) is 0 Å². The Morgan fingerprint density at radius 3 is 2.77 bits per heavy atom. The van der Waals surface area contributed by atoms with Crippen molar-refractivity contribution in [3.05, 3.63) is 36.2 Å². The molecule has 1 fully saturated rings. The maximum absolute atomic E-state index is 13.7. The average molecular weight is 419 g/mol. The minimum atomic E-state index is -1.20. The van der Waals surface area contributed by atoms with E-state index in [9.17, 15) is 19.7 Å². The zero-order valence-electron chi connectivity index (χ0n) is 16.4. The van der Waals surface area contributed by atoms with Crippen LogP contribution in [0.3, 0.4) is 0 Å². The van der Waals surface area contributed by atoms with Crippen LogP contribution in [0.4, 0.5) is 15.9 Å². The molecule has 1 saturated heterocycles. The number of benzene rings is 1. The van der Waals surface area contributed by atoms with Gasteiger partial charge >= 0.3 is 0 Å². The van der Waals surface area contributed by atoms with Crippen molar-refractivity contribution in [3.8, 4) is 5.75 Å². The van der Waals surface area contributed by atoms with E-state index in [1.54, 1.807) is 0 Å². The highest BCUT2D eigenvalue weighted by Gasteiger charge is 2.44. The third-order valence-corrected chi connectivity index (χ3v) is 4.94. The SMILES string of the molecule is CCc1nc(Nc2ccc(O)c(F)c2)c2ncn([C@@H]3O[C@H](COC)[C@@H](O)[C@H]3O)c2n1. The Hall–Kier alpha value is -2.86. The first-order valence-corrected chi connectivity index (χ1v) is 9.42. The topological polar surface area (TPSA) is 135 Å². The van der Waals surface area contributed by atoms with Crippen LogP contribution >= 0.6 is 0 Å². The monoisotopic (exact) mass is 419 g/mol. The van der Waals surface area contributed by atoms with Gasteiger partial charge in [0.15, 0.2) is 34.8 Å². The first-order chi connectivity index (χ1) is 14.4. The molecule has 0 bridgehead atoms. The number of anilines is 2. The fraction of sp³-hybridized carbons (Fsp3) is 0.421. The van der Waals surface area contributed by atoms with E-state index in [4.69, 9.17) is 9.47 Å². The van der Waals surface area contributed by atoms with Gasteiger partial charge in [0.2, 0.25) is 0 Å². The number of aliphatic hydroxyl groups excluding tert-OH is 2. The van der Waals surface area contributed by atoms with Crippen LogP contribution in [0.25, 0.3) is 11.2 Å². The normalized spacial score (nSPS) is 23.9. The third kappa shape index (κ3) is 3.56. The lowest BCUT2D eigenvalue weighted by atomic mass is 10.1. The summed E-state index contributed by atoms with van der Waals surface area (Å²) in [5.41, 5.74) is 1.13. The predicted octanol–water partition coefficient (Wildman–Crippen LogP) is 1.24. The smallest absolute Gasteiger partial charge is 0.168 e. The summed E-state index contributed by atoms with van der Waals surface area (Å²) in [4.78, 5) is 13.3. The number of hydrogen-bond donors (Lipinski definition) is 4. The molecule has 0 radical (unpaired) electrons. The molecule has 4 atom stereocenters. The molecule has 1 aliphatic heterocycles. The molecule has 1 aliphatic rings. The summed E-state index contributed by atoms with van der Waals surface area (Å²) in [6, 6.07) is 3.88. The Kier molecular flexibility index (Phi) is 5.52. The van der Waals surface area contributed by atoms with Gasteiger partial charge in [-0.15, -0.1) is 0 Å². The summed E-state index contributed by atoms with van der Waals surface area (Å²) in [7, 11) is 1.48. The maximum Gasteiger partial charge on any atom is 0.168 e. The van der Waals surface area contributed by atoms with Gasteiger partial charge < -0.3 is 30.1 Å². The number of fused-ring (bicyclic) bond motifs is 1. The van der Waals surface area contributed by atoms with Gasteiger partial charge in [-0.3, -0.25) is 4.57 Å². The van der Waals surface area contributed by atoms with E-state index >= 15 is 0 Å². The van der Waals surface area contributed by atoms with Crippen LogP contribution in [0.15, 0.2) is 24.5 Å². The molecule has 4 rings (SSSR count). The number of rotatable bonds is 6. The summed E-state index contributed by atoms with van der Waals surface area (Å²) in [6.45, 7) is 2.00. The zero-order valence-corrected chi connectivity index (χ0v) is 16.4. The quantitative estimate of drug-likeness (QED) is 0.435. The summed E-state index contributed by atoms with van der Waals surface area (Å²) in [5, 5.41) is 33.1. The van der Waals surface area contributed by atoms with Crippen molar-refractivity contribution in [1.82, 2.24) is 19.5 Å². The van der Waals surface area contributed by atoms with Gasteiger partial charge in [-0.2, -0.15) is 0 Å². The molecule has 30 heavy (non-hydrogen) atoms. The number of aliphatic hydroxyl groups is 2. The number of ether oxygens (including phenoxy) is 2. The average Bonchev–Trinajstić information content (AvgIpc) is 3.27. The first kappa shape index (κ1) is 20.4. The highest BCUT2D eigenvalue weighted by atomic mass is 19.1. The van der Waals surface area contributed by atoms with Crippen molar-refractivity contribution in [2.45, 2.75) is 37.9 Å². The van der Waals surface area contributed by atoms with E-state index in [2.05, 4.69) is 20.3 Å². The van der Waals surface area contributed by atoms with Crippen LogP contribution in [0, 0.1) is 5.82 Å². The summed E-state index contributed by atoms with van der Waals surface area (Å²) < 4.78 is 26.1. The fourth-order valence-corrected chi connectivity index (χ4v) is 3.38. The predicted molar refractivity (Wildman–Crippen MR) is 104 cm³/mol. The van der Waals surface area contributed by atoms with Crippen LogP contribution < -0.4 is 5.32 Å². The zero-order chi connectivity index (χ0) is 21.4. The highest BCUT2D eigenvalue weighted by molar-refractivity contribution is 5.85. The maximum atomic E-state index is 13.7. The number of imidazole rings is 1. The van der Waals surface area contributed by atoms with Gasteiger partial charge in [0, 0.05) is 25.3 Å². The van der Waals surface area contributed by atoms with Gasteiger partial charge in [-0.1, -0.05) is 6.92 Å². The van der Waals surface area contributed by atoms with E-state index in [0.29, 0.717) is 34.9 Å². The van der Waals surface area contributed by atoms with Crippen molar-refractivity contribution < 1.29 is 29.2 Å². The molecular weight excluding hydrogens is 397 g/mol. The van der Waals surface area contributed by atoms with E-state index in [0.717, 1.165) is 6.07 Å². The van der Waals surface area contributed by atoms with Gasteiger partial charge in [-0.05, 0) is 12.1 Å². The number of nitrogens with one attached hydrogen (secondary N) is 1. The standard InChI is InChI=1S/C19H22FN5O5/c1-3-13-23-17(22-9-4-5-11(26)10(20)6-9)14-18(24-13)25(8-21-14)19-16(28)15(27)12(30-19)7-29-2/h4-6,8,12,15-16,19,26-28H,3,7H2,1-2H3,(H,22,23,24)/t12-,15-,16-,19-/m1/s1. The van der Waals surface area contributed by atoms with Gasteiger partial charge in [0.25, 0.3) is 0 Å². The molecule has 0 unspecified atom stereocenters. The van der Waals surface area contributed by atoms with Crippen molar-refractivity contribution in [2.75, 3.05) is 19.0 Å². The van der Waals surface area contributed by atoms with E-state index in [-0.39, 0.29) is 6.61 Å². The number of hydrogen-bond acceptors (Lipinski definition) is 9. The second kappa shape index (κ2) is 8.11. The molecule has 10 nitrogen and oxygen atoms in total. The lowest BCUT2D eigenvalue weighted by molar-refractivity contribution is -0.0580. The molecule has 3 heterocycles. The Bertz CT molecular complexity index is 1060. The molecule has 1 aromatic carbocycles. The molecule has 11 heteroatoms. The number of halogens is 1. The number of aromatic nitrogens is 4. The highest BCUT2D eigenvalue weighted by Crippen LogP contribution is 2.33. The van der Waals surface area contributed by atoms with Crippen LogP contribution in [0.2, 0.25) is 0 Å². The minimum Gasteiger partial charge on any atom is -0.505 e. The molecule has 2 aromatic heterocycles. The molecular formula is C19H22FN5O5. The number of aromatic hydroxyl groups is 1. The molecule has 0 amide bonds. The Balaban J connectivity index is 1.74. The first-order valence-electron chi connectivity index (χ1n) is 9.42. The summed E-state index contributed by atoms with van der Waals surface area (Å²) in [5.74, 6) is -0.398. The molecule has 160 valence electrons. The van der Waals surface area contributed by atoms with Crippen LogP contribution in [-0.2, 0) is 15.9 Å². The Morgan fingerprint density at radius 2 is 2.07 bits per heavy atom. The van der Waals surface area contributed by atoms with E-state index in [1.807, 2.05) is 6.92 Å². The number of aryl methyl sites for hydroxylation is 1. The van der Waals surface area contributed by atoms with Crippen LogP contribution in [0.1, 0.15) is 19.0 Å². The lowest BCUT2D eigenvalue weighted by Crippen LogP contribution is -2.33. The molecule has 0 saturated carbocycles. The third-order valence-electron chi connectivity index (χ3n) is 4.94. The number of phenols is 1. The van der Waals surface area contributed by atoms with E-state index < -0.39 is 36.1 Å². The van der Waals surface area contributed by atoms with Crippen molar-refractivity contribution >= 4 is 22.7 Å². The van der Waals surface area contributed by atoms with Crippen LogP contribution in [0.5, 0.6) is 5.75 Å². The molecule has 0 spiro atoms. The second-order valence-corrected chi connectivity index (χ2v) is 6.96. The second-order valence-electron chi connectivity index (χ2n) is 6.96. The van der Waals surface area contributed by atoms with Crippen LogP contribution in [-0.4, -0.2) is 66.9 Å². The lowest BCUT2D eigenvalue weighted by Gasteiger charge is -2.17. The fourth-order valence-electron chi connectivity index (χ4n) is 3.38. The molecule has 4 N–H and O–H groups in total. The van der Waals surface area contributed by atoms with Crippen molar-refractivity contribution in [1.29, 1.82) is 0 Å². The largest absolute Gasteiger partial charge is 0.505 e. The number of methoxy groups -OCH3 is 1. The van der Waals surface area contributed by atoms with E-state index in [1.165, 1.54) is 30.1 Å². The number of phenolic OH excluding ortho intramolecular Hbond substituents is 1. The minimum absolute atomic E-state index is 0.121. The Morgan fingerprint density at radius 1 is 1.27 bits per heavy atom. The number of nitrogens with zero attached hydrogens (tertiary/aromatic N) is 4. The van der Waals surface area contributed by atoms with Gasteiger partial charge in [0.05, 0.1) is 12.9 Å². The Labute approximate surface area is 170 Å². The molecule has 0 aliphatic carbocycles. The van der Waals surface area contributed by atoms with Gasteiger partial charge in [0.1, 0.15) is 24.1 Å². The summed E-state index contributed by atoms with van der Waals surface area (Å²) >= 11 is 0. The van der Waals surface area contributed by atoms with Gasteiger partial charge in [-0.25, -0.2) is 19.3 Å². The van der Waals surface area contributed by atoms with Crippen molar-refractivity contribution in [3.63, 3.8) is 0 Å². The molecule has 3 aromatic rings.